The Bertz CT molecular complexity index is 554. The van der Waals surface area contributed by atoms with Gasteiger partial charge in [0.2, 0.25) is 0 Å². The summed E-state index contributed by atoms with van der Waals surface area (Å²) in [7, 11) is 1.71. The number of rotatable bonds is 7. The fourth-order valence-electron chi connectivity index (χ4n) is 2.50. The number of benzene rings is 1. The fourth-order valence-corrected chi connectivity index (χ4v) is 2.50. The molecule has 1 unspecified atom stereocenters. The third kappa shape index (κ3) is 4.30. The minimum absolute atomic E-state index is 0.304. The van der Waals surface area contributed by atoms with Crippen LogP contribution >= 0.6 is 0 Å². The van der Waals surface area contributed by atoms with Gasteiger partial charge in [-0.15, -0.1) is 0 Å². The van der Waals surface area contributed by atoms with Gasteiger partial charge in [0.1, 0.15) is 5.75 Å². The number of hydrogen-bond acceptors (Lipinski definition) is 3. The Kier molecular flexibility index (Phi) is 5.76. The summed E-state index contributed by atoms with van der Waals surface area (Å²) < 4.78 is 5.35. The Morgan fingerprint density at radius 1 is 1.29 bits per heavy atom. The summed E-state index contributed by atoms with van der Waals surface area (Å²) in [6.45, 7) is 5.28. The SMILES string of the molecule is CCCNC(Cc1cccnc1)c1ccc(OC)c(C)c1. The van der Waals surface area contributed by atoms with Gasteiger partial charge in [-0.2, -0.15) is 0 Å². The van der Waals surface area contributed by atoms with Crippen molar-refractivity contribution < 1.29 is 4.74 Å². The van der Waals surface area contributed by atoms with E-state index in [0.717, 1.165) is 25.1 Å². The minimum Gasteiger partial charge on any atom is -0.496 e. The molecule has 3 nitrogen and oxygen atoms in total. The lowest BCUT2D eigenvalue weighted by Gasteiger charge is -2.20. The van der Waals surface area contributed by atoms with Crippen LogP contribution in [0.25, 0.3) is 0 Å². The van der Waals surface area contributed by atoms with Crippen molar-refractivity contribution in [2.75, 3.05) is 13.7 Å². The van der Waals surface area contributed by atoms with Crippen LogP contribution in [0.15, 0.2) is 42.7 Å². The molecule has 0 spiro atoms. The molecule has 0 amide bonds. The summed E-state index contributed by atoms with van der Waals surface area (Å²) in [6.07, 6.45) is 5.82. The Morgan fingerprint density at radius 3 is 2.76 bits per heavy atom. The summed E-state index contributed by atoms with van der Waals surface area (Å²) in [6, 6.07) is 10.8. The fraction of sp³-hybridized carbons (Fsp3) is 0.389. The number of pyridine rings is 1. The number of ether oxygens (including phenoxy) is 1. The number of methoxy groups -OCH3 is 1. The van der Waals surface area contributed by atoms with Crippen LogP contribution in [0.5, 0.6) is 5.75 Å². The van der Waals surface area contributed by atoms with Gasteiger partial charge >= 0.3 is 0 Å². The average Bonchev–Trinajstić information content (AvgIpc) is 2.52. The largest absolute Gasteiger partial charge is 0.496 e. The maximum atomic E-state index is 5.35. The summed E-state index contributed by atoms with van der Waals surface area (Å²) in [4.78, 5) is 4.21. The quantitative estimate of drug-likeness (QED) is 0.842. The molecule has 3 heteroatoms. The van der Waals surface area contributed by atoms with Gasteiger partial charge in [-0.3, -0.25) is 4.98 Å². The van der Waals surface area contributed by atoms with E-state index >= 15 is 0 Å². The first-order valence-electron chi connectivity index (χ1n) is 7.51. The van der Waals surface area contributed by atoms with Crippen LogP contribution in [0.4, 0.5) is 0 Å². The second kappa shape index (κ2) is 7.79. The number of aromatic nitrogens is 1. The van der Waals surface area contributed by atoms with Gasteiger partial charge in [0.25, 0.3) is 0 Å². The van der Waals surface area contributed by atoms with E-state index < -0.39 is 0 Å². The Hall–Kier alpha value is -1.87. The molecule has 0 bridgehead atoms. The topological polar surface area (TPSA) is 34.2 Å². The van der Waals surface area contributed by atoms with Crippen molar-refractivity contribution in [1.29, 1.82) is 0 Å². The monoisotopic (exact) mass is 284 g/mol. The minimum atomic E-state index is 0.304. The van der Waals surface area contributed by atoms with Crippen LogP contribution in [-0.4, -0.2) is 18.6 Å². The normalized spacial score (nSPS) is 12.1. The third-order valence-electron chi connectivity index (χ3n) is 3.62. The number of hydrogen-bond donors (Lipinski definition) is 1. The summed E-state index contributed by atoms with van der Waals surface area (Å²) in [5, 5.41) is 3.63. The second-order valence-corrected chi connectivity index (χ2v) is 5.30. The van der Waals surface area contributed by atoms with Gasteiger partial charge in [-0.05, 0) is 55.1 Å². The smallest absolute Gasteiger partial charge is 0.121 e. The zero-order valence-electron chi connectivity index (χ0n) is 13.1. The molecule has 1 N–H and O–H groups in total. The van der Waals surface area contributed by atoms with E-state index in [9.17, 15) is 0 Å². The molecule has 1 aromatic carbocycles. The van der Waals surface area contributed by atoms with Crippen LogP contribution in [0.1, 0.15) is 36.1 Å². The molecule has 1 atom stereocenters. The number of nitrogens with one attached hydrogen (secondary N) is 1. The standard InChI is InChI=1S/C18H24N2O/c1-4-9-20-17(12-15-6-5-10-19-13-15)16-7-8-18(21-3)14(2)11-16/h5-8,10-11,13,17,20H,4,9,12H2,1-3H3. The molecule has 1 heterocycles. The van der Waals surface area contributed by atoms with Gasteiger partial charge in [0.15, 0.2) is 0 Å². The predicted octanol–water partition coefficient (Wildman–Crippen LogP) is 3.68. The lowest BCUT2D eigenvalue weighted by Crippen LogP contribution is -2.24. The van der Waals surface area contributed by atoms with Gasteiger partial charge in [-0.25, -0.2) is 0 Å². The van der Waals surface area contributed by atoms with Crippen LogP contribution in [-0.2, 0) is 6.42 Å². The lowest BCUT2D eigenvalue weighted by atomic mass is 9.98. The number of aryl methyl sites for hydroxylation is 1. The van der Waals surface area contributed by atoms with E-state index in [2.05, 4.69) is 48.4 Å². The highest BCUT2D eigenvalue weighted by atomic mass is 16.5. The van der Waals surface area contributed by atoms with Crippen molar-refractivity contribution in [3.05, 3.63) is 59.4 Å². The zero-order valence-corrected chi connectivity index (χ0v) is 13.1. The van der Waals surface area contributed by atoms with E-state index in [1.165, 1.54) is 16.7 Å². The molecule has 1 aromatic heterocycles. The molecule has 21 heavy (non-hydrogen) atoms. The van der Waals surface area contributed by atoms with Crippen molar-refractivity contribution in [2.24, 2.45) is 0 Å². The molecular formula is C18H24N2O. The predicted molar refractivity (Wildman–Crippen MR) is 86.7 cm³/mol. The molecule has 112 valence electrons. The molecular weight excluding hydrogens is 260 g/mol. The first-order chi connectivity index (χ1) is 10.2. The Balaban J connectivity index is 2.20. The summed E-state index contributed by atoms with van der Waals surface area (Å²) in [5.41, 5.74) is 3.72. The van der Waals surface area contributed by atoms with Gasteiger partial charge in [-0.1, -0.05) is 25.1 Å². The highest BCUT2D eigenvalue weighted by Gasteiger charge is 2.13. The van der Waals surface area contributed by atoms with Crippen LogP contribution in [0.3, 0.4) is 0 Å². The third-order valence-corrected chi connectivity index (χ3v) is 3.62. The van der Waals surface area contributed by atoms with E-state index in [-0.39, 0.29) is 0 Å². The van der Waals surface area contributed by atoms with Crippen LogP contribution in [0, 0.1) is 6.92 Å². The van der Waals surface area contributed by atoms with Gasteiger partial charge in [0, 0.05) is 18.4 Å². The molecule has 0 fully saturated rings. The van der Waals surface area contributed by atoms with E-state index in [1.54, 1.807) is 7.11 Å². The maximum absolute atomic E-state index is 5.35. The molecule has 2 aromatic rings. The van der Waals surface area contributed by atoms with Gasteiger partial charge < -0.3 is 10.1 Å². The van der Waals surface area contributed by atoms with Crippen molar-refractivity contribution in [2.45, 2.75) is 32.7 Å². The van der Waals surface area contributed by atoms with Crippen molar-refractivity contribution in [3.8, 4) is 5.75 Å². The van der Waals surface area contributed by atoms with Gasteiger partial charge in [0.05, 0.1) is 7.11 Å². The first kappa shape index (κ1) is 15.5. The molecule has 0 saturated carbocycles. The highest BCUT2D eigenvalue weighted by molar-refractivity contribution is 5.37. The lowest BCUT2D eigenvalue weighted by molar-refractivity contribution is 0.411. The van der Waals surface area contributed by atoms with Crippen LogP contribution < -0.4 is 10.1 Å². The molecule has 0 aliphatic heterocycles. The Labute approximate surface area is 127 Å². The Morgan fingerprint density at radius 2 is 2.14 bits per heavy atom. The molecule has 0 radical (unpaired) electrons. The zero-order chi connectivity index (χ0) is 15.1. The summed E-state index contributed by atoms with van der Waals surface area (Å²) in [5.74, 6) is 0.939. The second-order valence-electron chi connectivity index (χ2n) is 5.30. The van der Waals surface area contributed by atoms with Crippen molar-refractivity contribution in [3.63, 3.8) is 0 Å². The molecule has 2 rings (SSSR count). The van der Waals surface area contributed by atoms with E-state index in [0.29, 0.717) is 6.04 Å². The van der Waals surface area contributed by atoms with Crippen molar-refractivity contribution in [1.82, 2.24) is 10.3 Å². The number of nitrogens with zero attached hydrogens (tertiary/aromatic N) is 1. The van der Waals surface area contributed by atoms with Crippen molar-refractivity contribution >= 4 is 0 Å². The average molecular weight is 284 g/mol. The van der Waals surface area contributed by atoms with E-state index in [1.807, 2.05) is 18.5 Å². The van der Waals surface area contributed by atoms with Crippen LogP contribution in [0.2, 0.25) is 0 Å². The highest BCUT2D eigenvalue weighted by Crippen LogP contribution is 2.24. The molecule has 0 saturated heterocycles. The molecule has 0 aliphatic rings. The first-order valence-corrected chi connectivity index (χ1v) is 7.51. The maximum Gasteiger partial charge on any atom is 0.121 e. The summed E-state index contributed by atoms with van der Waals surface area (Å²) >= 11 is 0. The molecule has 0 aliphatic carbocycles. The van der Waals surface area contributed by atoms with E-state index in [4.69, 9.17) is 4.74 Å².